The molecule has 1 heteroatoms. The number of benzene rings is 1. The molecule has 0 saturated carbocycles. The van der Waals surface area contributed by atoms with Gasteiger partial charge in [-0.1, -0.05) is 36.4 Å². The van der Waals surface area contributed by atoms with Crippen molar-refractivity contribution >= 4 is 0 Å². The van der Waals surface area contributed by atoms with E-state index in [4.69, 9.17) is 0 Å². The zero-order valence-electron chi connectivity index (χ0n) is 7.96. The highest BCUT2D eigenvalue weighted by atomic mass is 14.9. The zero-order valence-corrected chi connectivity index (χ0v) is 7.96. The average Bonchev–Trinajstić information content (AvgIpc) is 2.20. The van der Waals surface area contributed by atoms with E-state index in [0.29, 0.717) is 5.92 Å². The summed E-state index contributed by atoms with van der Waals surface area (Å²) in [6.45, 7) is 3.20. The monoisotopic (exact) mass is 173 g/mol. The van der Waals surface area contributed by atoms with E-state index in [1.165, 1.54) is 17.7 Å². The second-order valence-electron chi connectivity index (χ2n) is 3.61. The molecule has 0 bridgehead atoms. The van der Waals surface area contributed by atoms with Gasteiger partial charge in [-0.2, -0.15) is 0 Å². The minimum Gasteiger partial charge on any atom is -0.388 e. The molecule has 1 unspecified atom stereocenters. The third-order valence-electron chi connectivity index (χ3n) is 2.61. The van der Waals surface area contributed by atoms with Crippen molar-refractivity contribution in [2.45, 2.75) is 19.3 Å². The van der Waals surface area contributed by atoms with E-state index in [-0.39, 0.29) is 0 Å². The smallest absolute Gasteiger partial charge is 0.0215 e. The third-order valence-corrected chi connectivity index (χ3v) is 2.61. The molecule has 1 aromatic rings. The molecule has 68 valence electrons. The van der Waals surface area contributed by atoms with Crippen molar-refractivity contribution < 1.29 is 0 Å². The minimum atomic E-state index is 0.657. The lowest BCUT2D eigenvalue weighted by Crippen LogP contribution is -2.23. The fraction of sp³-hybridized carbons (Fsp3) is 0.333. The van der Waals surface area contributed by atoms with Gasteiger partial charge in [0.25, 0.3) is 0 Å². The van der Waals surface area contributed by atoms with E-state index >= 15 is 0 Å². The molecule has 1 N–H and O–H groups in total. The van der Waals surface area contributed by atoms with Crippen LogP contribution < -0.4 is 5.32 Å². The van der Waals surface area contributed by atoms with Crippen LogP contribution in [0.4, 0.5) is 0 Å². The Morgan fingerprint density at radius 3 is 2.62 bits per heavy atom. The van der Waals surface area contributed by atoms with Crippen LogP contribution in [0.25, 0.3) is 0 Å². The highest BCUT2D eigenvalue weighted by Crippen LogP contribution is 2.22. The highest BCUT2D eigenvalue weighted by Gasteiger charge is 2.12. The van der Waals surface area contributed by atoms with Crippen molar-refractivity contribution in [3.8, 4) is 0 Å². The summed E-state index contributed by atoms with van der Waals surface area (Å²) < 4.78 is 0. The van der Waals surface area contributed by atoms with Crippen LogP contribution in [0, 0.1) is 0 Å². The van der Waals surface area contributed by atoms with E-state index in [0.717, 1.165) is 6.54 Å². The van der Waals surface area contributed by atoms with E-state index < -0.39 is 0 Å². The van der Waals surface area contributed by atoms with Gasteiger partial charge in [-0.3, -0.25) is 0 Å². The second-order valence-corrected chi connectivity index (χ2v) is 3.61. The molecule has 1 heterocycles. The van der Waals surface area contributed by atoms with Gasteiger partial charge < -0.3 is 5.32 Å². The molecule has 1 aliphatic heterocycles. The Morgan fingerprint density at radius 2 is 2.00 bits per heavy atom. The first-order valence-electron chi connectivity index (χ1n) is 4.82. The number of hydrogen-bond donors (Lipinski definition) is 1. The quantitative estimate of drug-likeness (QED) is 0.688. The Balaban J connectivity index is 2.12. The van der Waals surface area contributed by atoms with Gasteiger partial charge in [0, 0.05) is 18.2 Å². The topological polar surface area (TPSA) is 12.0 Å². The number of rotatable bonds is 1. The van der Waals surface area contributed by atoms with Crippen molar-refractivity contribution in [1.29, 1.82) is 0 Å². The molecule has 1 aromatic carbocycles. The number of allylic oxidation sites excluding steroid dienone is 2. The number of hydrogen-bond acceptors (Lipinski definition) is 1. The third kappa shape index (κ3) is 1.92. The first-order chi connectivity index (χ1) is 6.36. The van der Waals surface area contributed by atoms with Crippen molar-refractivity contribution in [1.82, 2.24) is 5.32 Å². The van der Waals surface area contributed by atoms with Crippen molar-refractivity contribution in [3.63, 3.8) is 0 Å². The summed E-state index contributed by atoms with van der Waals surface area (Å²) in [5, 5.41) is 3.39. The average molecular weight is 173 g/mol. The van der Waals surface area contributed by atoms with Gasteiger partial charge in [0.15, 0.2) is 0 Å². The lowest BCUT2D eigenvalue weighted by Gasteiger charge is -2.22. The molecule has 0 amide bonds. The summed E-state index contributed by atoms with van der Waals surface area (Å²) in [6, 6.07) is 10.7. The molecule has 2 rings (SSSR count). The van der Waals surface area contributed by atoms with E-state index in [9.17, 15) is 0 Å². The predicted octanol–water partition coefficient (Wildman–Crippen LogP) is 2.67. The fourth-order valence-electron chi connectivity index (χ4n) is 1.74. The van der Waals surface area contributed by atoms with Crippen LogP contribution in [0.5, 0.6) is 0 Å². The van der Waals surface area contributed by atoms with Gasteiger partial charge in [0.2, 0.25) is 0 Å². The summed E-state index contributed by atoms with van der Waals surface area (Å²) in [5.74, 6) is 0.657. The number of nitrogens with one attached hydrogen (secondary N) is 1. The van der Waals surface area contributed by atoms with Crippen molar-refractivity contribution in [2.75, 3.05) is 6.54 Å². The summed E-state index contributed by atoms with van der Waals surface area (Å²) in [5.41, 5.74) is 2.76. The van der Waals surface area contributed by atoms with Crippen molar-refractivity contribution in [2.24, 2.45) is 0 Å². The maximum Gasteiger partial charge on any atom is 0.0215 e. The summed E-state index contributed by atoms with van der Waals surface area (Å²) >= 11 is 0. The standard InChI is InChI=1S/C12H15N/c1-10-7-8-12(9-13-10)11-5-3-2-4-6-11/h2-7,12-13H,8-9H2,1H3. The van der Waals surface area contributed by atoms with Crippen LogP contribution in [-0.4, -0.2) is 6.54 Å². The lowest BCUT2D eigenvalue weighted by atomic mass is 9.93. The molecule has 13 heavy (non-hydrogen) atoms. The molecule has 0 fully saturated rings. The molecule has 0 saturated heterocycles. The molecule has 1 aliphatic rings. The first-order valence-corrected chi connectivity index (χ1v) is 4.82. The molecule has 0 aromatic heterocycles. The van der Waals surface area contributed by atoms with Crippen LogP contribution in [0.3, 0.4) is 0 Å². The molecule has 0 aliphatic carbocycles. The zero-order chi connectivity index (χ0) is 9.10. The second kappa shape index (κ2) is 3.65. The maximum atomic E-state index is 3.39. The first kappa shape index (κ1) is 8.36. The van der Waals surface area contributed by atoms with Crippen LogP contribution in [0.1, 0.15) is 24.8 Å². The van der Waals surface area contributed by atoms with Crippen LogP contribution >= 0.6 is 0 Å². The normalized spacial score (nSPS) is 21.9. The largest absolute Gasteiger partial charge is 0.388 e. The highest BCUT2D eigenvalue weighted by molar-refractivity contribution is 5.22. The fourth-order valence-corrected chi connectivity index (χ4v) is 1.74. The van der Waals surface area contributed by atoms with Gasteiger partial charge in [0.05, 0.1) is 0 Å². The van der Waals surface area contributed by atoms with Gasteiger partial charge in [-0.05, 0) is 18.9 Å². The van der Waals surface area contributed by atoms with Crippen LogP contribution in [0.2, 0.25) is 0 Å². The molecule has 0 spiro atoms. The molecule has 1 atom stereocenters. The van der Waals surface area contributed by atoms with E-state index in [1.807, 2.05) is 0 Å². The Kier molecular flexibility index (Phi) is 2.35. The van der Waals surface area contributed by atoms with Crippen LogP contribution in [0.15, 0.2) is 42.1 Å². The summed E-state index contributed by atoms with van der Waals surface area (Å²) in [7, 11) is 0. The Hall–Kier alpha value is -1.24. The van der Waals surface area contributed by atoms with E-state index in [2.05, 4.69) is 48.6 Å². The minimum absolute atomic E-state index is 0.657. The van der Waals surface area contributed by atoms with E-state index in [1.54, 1.807) is 0 Å². The predicted molar refractivity (Wildman–Crippen MR) is 55.6 cm³/mol. The van der Waals surface area contributed by atoms with Gasteiger partial charge in [-0.25, -0.2) is 0 Å². The summed E-state index contributed by atoms with van der Waals surface area (Å²) in [6.07, 6.45) is 3.45. The Bertz CT molecular complexity index is 300. The molecular weight excluding hydrogens is 158 g/mol. The summed E-state index contributed by atoms with van der Waals surface area (Å²) in [4.78, 5) is 0. The van der Waals surface area contributed by atoms with Gasteiger partial charge in [0.1, 0.15) is 0 Å². The SMILES string of the molecule is CC1=CCC(c2ccccc2)CN1. The lowest BCUT2D eigenvalue weighted by molar-refractivity contribution is 0.601. The molecule has 1 nitrogen and oxygen atoms in total. The van der Waals surface area contributed by atoms with Crippen molar-refractivity contribution in [3.05, 3.63) is 47.7 Å². The Morgan fingerprint density at radius 1 is 1.23 bits per heavy atom. The molecule has 0 radical (unpaired) electrons. The molecular formula is C12H15N. The van der Waals surface area contributed by atoms with Gasteiger partial charge >= 0.3 is 0 Å². The maximum absolute atomic E-state index is 3.39. The Labute approximate surface area is 79.5 Å². The van der Waals surface area contributed by atoms with Crippen LogP contribution in [-0.2, 0) is 0 Å². The van der Waals surface area contributed by atoms with Gasteiger partial charge in [-0.15, -0.1) is 0 Å².